The Labute approximate surface area is 101 Å². The number of ether oxygens (including phenoxy) is 2. The van der Waals surface area contributed by atoms with Crippen LogP contribution in [0, 0.1) is 0 Å². The Kier molecular flexibility index (Phi) is 4.26. The van der Waals surface area contributed by atoms with Crippen molar-refractivity contribution in [2.45, 2.75) is 26.4 Å². The fourth-order valence-electron chi connectivity index (χ4n) is 1.26. The summed E-state index contributed by atoms with van der Waals surface area (Å²) >= 11 is 0. The van der Waals surface area contributed by atoms with Crippen LogP contribution < -0.4 is 4.74 Å². The molecule has 0 fully saturated rings. The summed E-state index contributed by atoms with van der Waals surface area (Å²) in [6, 6.07) is 6.54. The van der Waals surface area contributed by atoms with Gasteiger partial charge in [-0.15, -0.1) is 0 Å². The van der Waals surface area contributed by atoms with E-state index in [1.807, 2.05) is 0 Å². The molecule has 0 aliphatic carbocycles. The molecule has 0 bridgehead atoms. The lowest BCUT2D eigenvalue weighted by atomic mass is 10.1. The second-order valence-corrected chi connectivity index (χ2v) is 4.02. The van der Waals surface area contributed by atoms with Gasteiger partial charge in [0, 0.05) is 5.56 Å². The van der Waals surface area contributed by atoms with Gasteiger partial charge < -0.3 is 9.47 Å². The molecular formula is C13H16O4. The van der Waals surface area contributed by atoms with Gasteiger partial charge in [0.05, 0.1) is 6.61 Å². The van der Waals surface area contributed by atoms with Crippen molar-refractivity contribution in [2.24, 2.45) is 0 Å². The van der Waals surface area contributed by atoms with Crippen LogP contribution in [0.1, 0.15) is 31.1 Å². The number of benzene rings is 1. The summed E-state index contributed by atoms with van der Waals surface area (Å²) in [6.07, 6.45) is 0.750. The maximum absolute atomic E-state index is 11.6. The summed E-state index contributed by atoms with van der Waals surface area (Å²) in [5.41, 5.74) is -0.482. The van der Waals surface area contributed by atoms with Crippen LogP contribution in [0.3, 0.4) is 0 Å². The molecule has 0 saturated heterocycles. The maximum atomic E-state index is 11.6. The molecule has 17 heavy (non-hydrogen) atoms. The van der Waals surface area contributed by atoms with Crippen molar-refractivity contribution in [1.29, 1.82) is 0 Å². The van der Waals surface area contributed by atoms with E-state index < -0.39 is 11.6 Å². The van der Waals surface area contributed by atoms with Gasteiger partial charge in [-0.05, 0) is 45.0 Å². The van der Waals surface area contributed by atoms with Crippen LogP contribution in [0.2, 0.25) is 0 Å². The third-order valence-electron chi connectivity index (χ3n) is 2.16. The highest BCUT2D eigenvalue weighted by Crippen LogP contribution is 2.19. The molecule has 0 atom stereocenters. The van der Waals surface area contributed by atoms with E-state index in [4.69, 9.17) is 9.47 Å². The van der Waals surface area contributed by atoms with E-state index in [1.165, 1.54) is 0 Å². The van der Waals surface area contributed by atoms with Crippen molar-refractivity contribution in [2.75, 3.05) is 6.61 Å². The van der Waals surface area contributed by atoms with Crippen molar-refractivity contribution in [3.63, 3.8) is 0 Å². The van der Waals surface area contributed by atoms with Gasteiger partial charge in [0.1, 0.15) is 12.0 Å². The first-order chi connectivity index (χ1) is 7.99. The summed E-state index contributed by atoms with van der Waals surface area (Å²) in [5, 5.41) is 0. The SMILES string of the molecule is CCOC(=O)C(C)(C)Oc1ccc(C=O)cc1. The molecule has 92 valence electrons. The predicted octanol–water partition coefficient (Wildman–Crippen LogP) is 2.22. The highest BCUT2D eigenvalue weighted by molar-refractivity contribution is 5.79. The molecule has 0 radical (unpaired) electrons. The zero-order valence-corrected chi connectivity index (χ0v) is 10.2. The van der Waals surface area contributed by atoms with Gasteiger partial charge in [0.15, 0.2) is 5.60 Å². The van der Waals surface area contributed by atoms with E-state index in [9.17, 15) is 9.59 Å². The van der Waals surface area contributed by atoms with Gasteiger partial charge in [-0.1, -0.05) is 0 Å². The zero-order chi connectivity index (χ0) is 12.9. The minimum absolute atomic E-state index is 0.315. The van der Waals surface area contributed by atoms with Gasteiger partial charge in [-0.2, -0.15) is 0 Å². The third kappa shape index (κ3) is 3.59. The van der Waals surface area contributed by atoms with Crippen LogP contribution >= 0.6 is 0 Å². The lowest BCUT2D eigenvalue weighted by Gasteiger charge is -2.24. The quantitative estimate of drug-likeness (QED) is 0.581. The van der Waals surface area contributed by atoms with Crippen LogP contribution in [0.25, 0.3) is 0 Å². The molecule has 4 heteroatoms. The summed E-state index contributed by atoms with van der Waals surface area (Å²) in [5.74, 6) is 0.105. The minimum atomic E-state index is -1.04. The molecule has 0 aliphatic rings. The highest BCUT2D eigenvalue weighted by Gasteiger charge is 2.31. The molecular weight excluding hydrogens is 220 g/mol. The smallest absolute Gasteiger partial charge is 0.349 e. The van der Waals surface area contributed by atoms with Crippen LogP contribution in [0.4, 0.5) is 0 Å². The first kappa shape index (κ1) is 13.2. The van der Waals surface area contributed by atoms with Crippen molar-refractivity contribution in [3.8, 4) is 5.75 Å². The van der Waals surface area contributed by atoms with E-state index >= 15 is 0 Å². The number of esters is 1. The molecule has 1 rings (SSSR count). The zero-order valence-electron chi connectivity index (χ0n) is 10.2. The Morgan fingerprint density at radius 1 is 1.29 bits per heavy atom. The van der Waals surface area contributed by atoms with Crippen LogP contribution in [-0.2, 0) is 9.53 Å². The summed E-state index contributed by atoms with van der Waals surface area (Å²) in [6.45, 7) is 5.33. The van der Waals surface area contributed by atoms with E-state index in [0.29, 0.717) is 17.9 Å². The van der Waals surface area contributed by atoms with E-state index in [2.05, 4.69) is 0 Å². The van der Waals surface area contributed by atoms with Crippen LogP contribution in [0.5, 0.6) is 5.75 Å². The third-order valence-corrected chi connectivity index (χ3v) is 2.16. The maximum Gasteiger partial charge on any atom is 0.349 e. The first-order valence-corrected chi connectivity index (χ1v) is 5.41. The molecule has 0 aromatic heterocycles. The first-order valence-electron chi connectivity index (χ1n) is 5.41. The van der Waals surface area contributed by atoms with Crippen molar-refractivity contribution < 1.29 is 19.1 Å². The van der Waals surface area contributed by atoms with Crippen molar-refractivity contribution in [1.82, 2.24) is 0 Å². The second-order valence-electron chi connectivity index (χ2n) is 4.02. The molecule has 0 aliphatic heterocycles. The molecule has 1 aromatic carbocycles. The molecule has 0 heterocycles. The van der Waals surface area contributed by atoms with Crippen LogP contribution in [0.15, 0.2) is 24.3 Å². The van der Waals surface area contributed by atoms with Gasteiger partial charge in [-0.25, -0.2) is 4.79 Å². The Morgan fingerprint density at radius 2 is 1.88 bits per heavy atom. The van der Waals surface area contributed by atoms with E-state index in [-0.39, 0.29) is 0 Å². The topological polar surface area (TPSA) is 52.6 Å². The minimum Gasteiger partial charge on any atom is -0.476 e. The molecule has 0 N–H and O–H groups in total. The second kappa shape index (κ2) is 5.48. The summed E-state index contributed by atoms with van der Waals surface area (Å²) < 4.78 is 10.4. The Bertz CT molecular complexity index is 392. The summed E-state index contributed by atoms with van der Waals surface area (Å²) in [4.78, 5) is 22.1. The Morgan fingerprint density at radius 3 is 2.35 bits per heavy atom. The molecule has 0 amide bonds. The van der Waals surface area contributed by atoms with Gasteiger partial charge in [0.2, 0.25) is 0 Å². The number of carbonyl (C=O) groups excluding carboxylic acids is 2. The lowest BCUT2D eigenvalue weighted by molar-refractivity contribution is -0.158. The molecule has 4 nitrogen and oxygen atoms in total. The molecule has 1 aromatic rings. The standard InChI is InChI=1S/C13H16O4/c1-4-16-12(15)13(2,3)17-11-7-5-10(9-14)6-8-11/h5-9H,4H2,1-3H3. The van der Waals surface area contributed by atoms with Crippen molar-refractivity contribution in [3.05, 3.63) is 29.8 Å². The number of hydrogen-bond acceptors (Lipinski definition) is 4. The van der Waals surface area contributed by atoms with E-state index in [0.717, 1.165) is 6.29 Å². The molecule has 0 spiro atoms. The average molecular weight is 236 g/mol. The lowest BCUT2D eigenvalue weighted by Crippen LogP contribution is -2.39. The normalized spacial score (nSPS) is 10.8. The molecule has 0 unspecified atom stereocenters. The Hall–Kier alpha value is -1.84. The largest absolute Gasteiger partial charge is 0.476 e. The average Bonchev–Trinajstić information content (AvgIpc) is 2.30. The fourth-order valence-corrected chi connectivity index (χ4v) is 1.26. The fraction of sp³-hybridized carbons (Fsp3) is 0.385. The van der Waals surface area contributed by atoms with Gasteiger partial charge in [0.25, 0.3) is 0 Å². The van der Waals surface area contributed by atoms with Gasteiger partial charge >= 0.3 is 5.97 Å². The predicted molar refractivity (Wildman–Crippen MR) is 63.2 cm³/mol. The van der Waals surface area contributed by atoms with Gasteiger partial charge in [-0.3, -0.25) is 4.79 Å². The molecule has 0 saturated carbocycles. The Balaban J connectivity index is 2.74. The van der Waals surface area contributed by atoms with Crippen molar-refractivity contribution >= 4 is 12.3 Å². The number of aldehydes is 1. The summed E-state index contributed by atoms with van der Waals surface area (Å²) in [7, 11) is 0. The van der Waals surface area contributed by atoms with E-state index in [1.54, 1.807) is 45.0 Å². The number of rotatable bonds is 5. The highest BCUT2D eigenvalue weighted by atomic mass is 16.6. The monoisotopic (exact) mass is 236 g/mol. The van der Waals surface area contributed by atoms with Crippen LogP contribution in [-0.4, -0.2) is 24.5 Å². The number of hydrogen-bond donors (Lipinski definition) is 0. The number of carbonyl (C=O) groups is 2.